The second kappa shape index (κ2) is 7.83. The third kappa shape index (κ3) is 3.64. The van der Waals surface area contributed by atoms with E-state index < -0.39 is 5.82 Å². The van der Waals surface area contributed by atoms with Gasteiger partial charge in [-0.3, -0.25) is 4.79 Å². The van der Waals surface area contributed by atoms with E-state index in [1.54, 1.807) is 36.0 Å². The van der Waals surface area contributed by atoms with Crippen molar-refractivity contribution in [3.63, 3.8) is 0 Å². The summed E-state index contributed by atoms with van der Waals surface area (Å²) in [5.74, 6) is -0.863. The van der Waals surface area contributed by atoms with Crippen LogP contribution in [0.5, 0.6) is 0 Å². The van der Waals surface area contributed by atoms with Crippen LogP contribution in [0.3, 0.4) is 0 Å². The van der Waals surface area contributed by atoms with Gasteiger partial charge in [-0.15, -0.1) is 0 Å². The first-order chi connectivity index (χ1) is 15.4. The molecule has 8 nitrogen and oxygen atoms in total. The molecule has 32 heavy (non-hydrogen) atoms. The monoisotopic (exact) mass is 433 g/mol. The van der Waals surface area contributed by atoms with Crippen LogP contribution in [0, 0.1) is 12.7 Å². The summed E-state index contributed by atoms with van der Waals surface area (Å²) in [6.45, 7) is 7.80. The third-order valence-electron chi connectivity index (χ3n) is 5.68. The molecule has 9 heteroatoms. The van der Waals surface area contributed by atoms with Gasteiger partial charge in [-0.2, -0.15) is 0 Å². The number of halogens is 1. The van der Waals surface area contributed by atoms with E-state index in [9.17, 15) is 9.18 Å². The van der Waals surface area contributed by atoms with Gasteiger partial charge in [0.1, 0.15) is 6.33 Å². The van der Waals surface area contributed by atoms with Crippen LogP contribution in [-0.2, 0) is 0 Å². The van der Waals surface area contributed by atoms with Crippen LogP contribution in [0.25, 0.3) is 16.6 Å². The number of nitrogens with one attached hydrogen (secondary N) is 2. The van der Waals surface area contributed by atoms with Crippen molar-refractivity contribution in [3.8, 4) is 0 Å². The predicted molar refractivity (Wildman–Crippen MR) is 122 cm³/mol. The van der Waals surface area contributed by atoms with E-state index in [1.165, 1.54) is 12.4 Å². The number of aromatic nitrogens is 4. The largest absolute Gasteiger partial charge is 0.368 e. The van der Waals surface area contributed by atoms with Crippen molar-refractivity contribution in [1.82, 2.24) is 24.7 Å². The Morgan fingerprint density at radius 1 is 1.22 bits per heavy atom. The smallest absolute Gasteiger partial charge is 0.257 e. The van der Waals surface area contributed by atoms with Gasteiger partial charge in [-0.05, 0) is 32.9 Å². The first kappa shape index (κ1) is 20.3. The van der Waals surface area contributed by atoms with E-state index >= 15 is 0 Å². The normalized spacial score (nSPS) is 18.9. The minimum atomic E-state index is -0.500. The first-order valence-electron chi connectivity index (χ1n) is 10.6. The number of fused-ring (bicyclic) bond motifs is 2. The molecule has 164 valence electrons. The van der Waals surface area contributed by atoms with E-state index in [4.69, 9.17) is 0 Å². The summed E-state index contributed by atoms with van der Waals surface area (Å²) in [4.78, 5) is 28.2. The summed E-state index contributed by atoms with van der Waals surface area (Å²) in [6, 6.07) is 5.67. The van der Waals surface area contributed by atoms with Crippen LogP contribution < -0.4 is 15.5 Å². The fourth-order valence-electron chi connectivity index (χ4n) is 4.49. The summed E-state index contributed by atoms with van der Waals surface area (Å²) in [5, 5.41) is 7.14. The lowest BCUT2D eigenvalue weighted by Crippen LogP contribution is -2.54. The number of aryl methyl sites for hydroxylation is 1. The maximum absolute atomic E-state index is 14.4. The number of hydrogen-bond acceptors (Lipinski definition) is 6. The highest BCUT2D eigenvalue weighted by Crippen LogP contribution is 2.29. The molecule has 4 heterocycles. The van der Waals surface area contributed by atoms with Gasteiger partial charge in [0.15, 0.2) is 11.5 Å². The maximum Gasteiger partial charge on any atom is 0.257 e. The molecule has 1 fully saturated rings. The molecule has 0 saturated carbocycles. The zero-order valence-corrected chi connectivity index (χ0v) is 18.1. The zero-order chi connectivity index (χ0) is 22.4. The number of carbonyl (C=O) groups excluding carboxylic acids is 1. The topological polar surface area (TPSA) is 87.5 Å². The molecule has 2 N–H and O–H groups in total. The lowest BCUT2D eigenvalue weighted by Gasteiger charge is -2.38. The van der Waals surface area contributed by atoms with Crippen molar-refractivity contribution in [3.05, 3.63) is 60.2 Å². The van der Waals surface area contributed by atoms with E-state index in [0.717, 1.165) is 24.2 Å². The second-order valence-corrected chi connectivity index (χ2v) is 8.44. The second-order valence-electron chi connectivity index (χ2n) is 8.44. The van der Waals surface area contributed by atoms with Gasteiger partial charge in [-0.1, -0.05) is 0 Å². The van der Waals surface area contributed by atoms with Gasteiger partial charge in [-0.25, -0.2) is 19.3 Å². The molecular formula is C23H24FN7O. The zero-order valence-electron chi connectivity index (χ0n) is 18.1. The van der Waals surface area contributed by atoms with Crippen LogP contribution in [0.2, 0.25) is 0 Å². The number of carbonyl (C=O) groups is 1. The van der Waals surface area contributed by atoms with Crippen LogP contribution in [0.4, 0.5) is 15.8 Å². The van der Waals surface area contributed by atoms with E-state index in [2.05, 4.69) is 44.3 Å². The summed E-state index contributed by atoms with van der Waals surface area (Å²) < 4.78 is 16.0. The highest BCUT2D eigenvalue weighted by atomic mass is 19.1. The number of pyridine rings is 1. The van der Waals surface area contributed by atoms with Crippen molar-refractivity contribution in [1.29, 1.82) is 0 Å². The summed E-state index contributed by atoms with van der Waals surface area (Å²) in [6.07, 6.45) is 6.53. The number of amides is 1. The quantitative estimate of drug-likeness (QED) is 0.516. The van der Waals surface area contributed by atoms with E-state index in [0.29, 0.717) is 34.5 Å². The number of rotatable bonds is 3. The molecule has 1 amide bonds. The molecule has 0 unspecified atom stereocenters. The molecule has 0 radical (unpaired) electrons. The molecule has 1 aliphatic rings. The number of benzene rings is 1. The standard InChI is InChI=1S/C23H24FN7O/c1-13-8-30(9-14(2)27-13)20-5-4-17(21-18(20)7-25-12-26-21)23(32)29-16-6-19(24)22-28-15(3)10-31(22)11-16/h4-7,10-14,27H,8-9H2,1-3H3,(H,29,32)/t13-,14-/m1/s1. The molecule has 2 atom stereocenters. The minimum Gasteiger partial charge on any atom is -0.368 e. The van der Waals surface area contributed by atoms with Crippen molar-refractivity contribution in [2.45, 2.75) is 32.9 Å². The predicted octanol–water partition coefficient (Wildman–Crippen LogP) is 3.16. The molecule has 4 aromatic rings. The maximum atomic E-state index is 14.4. The fourth-order valence-corrected chi connectivity index (χ4v) is 4.49. The van der Waals surface area contributed by atoms with Crippen LogP contribution in [-0.4, -0.2) is 50.4 Å². The summed E-state index contributed by atoms with van der Waals surface area (Å²) in [5.41, 5.74) is 3.23. The van der Waals surface area contributed by atoms with Gasteiger partial charge in [0.25, 0.3) is 5.91 Å². The number of nitrogens with zero attached hydrogens (tertiary/aromatic N) is 5. The van der Waals surface area contributed by atoms with E-state index in [1.807, 2.05) is 6.07 Å². The third-order valence-corrected chi connectivity index (χ3v) is 5.68. The molecule has 1 aliphatic heterocycles. The Labute approximate surface area is 184 Å². The molecule has 0 bridgehead atoms. The summed E-state index contributed by atoms with van der Waals surface area (Å²) >= 11 is 0. The van der Waals surface area contributed by atoms with Gasteiger partial charge >= 0.3 is 0 Å². The molecule has 5 rings (SSSR count). The molecule has 1 aromatic carbocycles. The Balaban J connectivity index is 1.50. The highest BCUT2D eigenvalue weighted by molar-refractivity contribution is 6.13. The number of anilines is 2. The number of imidazole rings is 1. The van der Waals surface area contributed by atoms with Crippen LogP contribution in [0.1, 0.15) is 29.9 Å². The Morgan fingerprint density at radius 2 is 2.00 bits per heavy atom. The molecule has 1 saturated heterocycles. The van der Waals surface area contributed by atoms with Gasteiger partial charge < -0.3 is 19.9 Å². The lowest BCUT2D eigenvalue weighted by molar-refractivity contribution is 0.102. The van der Waals surface area contributed by atoms with E-state index in [-0.39, 0.29) is 11.6 Å². The Bertz CT molecular complexity index is 1320. The average Bonchev–Trinajstić information content (AvgIpc) is 3.13. The van der Waals surface area contributed by atoms with Crippen molar-refractivity contribution >= 4 is 33.8 Å². The van der Waals surface area contributed by atoms with Crippen LogP contribution >= 0.6 is 0 Å². The molecule has 3 aromatic heterocycles. The number of hydrogen-bond donors (Lipinski definition) is 2. The molecular weight excluding hydrogens is 409 g/mol. The van der Waals surface area contributed by atoms with Crippen molar-refractivity contribution in [2.75, 3.05) is 23.3 Å². The fraction of sp³-hybridized carbons (Fsp3) is 0.304. The lowest BCUT2D eigenvalue weighted by atomic mass is 10.0. The van der Waals surface area contributed by atoms with Gasteiger partial charge in [0.2, 0.25) is 0 Å². The van der Waals surface area contributed by atoms with Crippen molar-refractivity contribution in [2.24, 2.45) is 0 Å². The van der Waals surface area contributed by atoms with Crippen molar-refractivity contribution < 1.29 is 9.18 Å². The molecule has 0 aliphatic carbocycles. The van der Waals surface area contributed by atoms with Crippen LogP contribution in [0.15, 0.2) is 43.1 Å². The Kier molecular flexibility index (Phi) is 4.97. The van der Waals surface area contributed by atoms with Gasteiger partial charge in [0, 0.05) is 60.9 Å². The first-order valence-corrected chi connectivity index (χ1v) is 10.6. The molecule has 0 spiro atoms. The number of piperazine rings is 1. The minimum absolute atomic E-state index is 0.225. The SMILES string of the molecule is Cc1cn2cc(NC(=O)c3ccc(N4C[C@@H](C)N[C@H](C)C4)c4cncnc34)cc(F)c2n1. The Morgan fingerprint density at radius 3 is 2.78 bits per heavy atom. The van der Waals surface area contributed by atoms with Gasteiger partial charge in [0.05, 0.1) is 22.5 Å². The average molecular weight is 433 g/mol. The summed E-state index contributed by atoms with van der Waals surface area (Å²) in [7, 11) is 0. The Hall–Kier alpha value is -3.59. The highest BCUT2D eigenvalue weighted by Gasteiger charge is 2.24.